The van der Waals surface area contributed by atoms with Crippen molar-refractivity contribution in [1.29, 1.82) is 0 Å². The first-order valence-corrected chi connectivity index (χ1v) is 7.30. The maximum absolute atomic E-state index is 12.4. The maximum Gasteiger partial charge on any atom is 0.255 e. The van der Waals surface area contributed by atoms with E-state index in [-0.39, 0.29) is 5.91 Å². The molecule has 0 saturated heterocycles. The molecule has 4 nitrogen and oxygen atoms in total. The maximum atomic E-state index is 12.4. The molecule has 2 N–H and O–H groups in total. The molecule has 0 spiro atoms. The lowest BCUT2D eigenvalue weighted by atomic mass is 10.1. The molecule has 2 aromatic rings. The average Bonchev–Trinajstić information content (AvgIpc) is 3.04. The van der Waals surface area contributed by atoms with Crippen LogP contribution in [-0.2, 0) is 6.42 Å². The summed E-state index contributed by atoms with van der Waals surface area (Å²) in [6, 6.07) is 4.68. The molecular weight excluding hydrogens is 311 g/mol. The third kappa shape index (κ3) is 2.44. The smallest absolute Gasteiger partial charge is 0.255 e. The van der Waals surface area contributed by atoms with Gasteiger partial charge in [0.15, 0.2) is 0 Å². The Morgan fingerprint density at radius 2 is 2.19 bits per heavy atom. The number of benzene rings is 1. The van der Waals surface area contributed by atoms with Gasteiger partial charge in [0.2, 0.25) is 0 Å². The summed E-state index contributed by atoms with van der Waals surface area (Å²) >= 11 is 12.2. The van der Waals surface area contributed by atoms with Crippen molar-refractivity contribution in [3.8, 4) is 0 Å². The number of aromatic nitrogens is 1. The first-order valence-electron chi connectivity index (χ1n) is 6.55. The van der Waals surface area contributed by atoms with Crippen LogP contribution in [0.4, 0.5) is 0 Å². The minimum Gasteiger partial charge on any atom is -0.390 e. The number of fused-ring (bicyclic) bond motifs is 1. The number of H-pyrrole nitrogens is 1. The second-order valence-corrected chi connectivity index (χ2v) is 6.03. The second kappa shape index (κ2) is 5.37. The molecule has 1 aliphatic carbocycles. The van der Waals surface area contributed by atoms with Gasteiger partial charge in [-0.3, -0.25) is 4.79 Å². The zero-order chi connectivity index (χ0) is 15.1. The highest BCUT2D eigenvalue weighted by Gasteiger charge is 2.37. The molecule has 0 radical (unpaired) electrons. The lowest BCUT2D eigenvalue weighted by molar-refractivity contribution is 0.0497. The molecule has 2 atom stereocenters. The Balaban J connectivity index is 1.99. The number of rotatable bonds is 2. The number of aliphatic hydroxyl groups is 1. The fraction of sp³-hybridized carbons (Fsp3) is 0.267. The Morgan fingerprint density at radius 1 is 1.43 bits per heavy atom. The second-order valence-electron chi connectivity index (χ2n) is 5.19. The van der Waals surface area contributed by atoms with Gasteiger partial charge in [-0.1, -0.05) is 23.2 Å². The van der Waals surface area contributed by atoms with E-state index in [0.717, 1.165) is 11.1 Å². The standard InChI is InChI=1S/C15H14Cl2N2O2/c1-19(15(21)8-2-3-18-7-8)14-11-4-9(16)5-12(17)10(11)6-13(14)20/h2-5,7,13-14,18,20H,6H2,1H3/t13-,14-/m1/s1. The van der Waals surface area contributed by atoms with Crippen molar-refractivity contribution < 1.29 is 9.90 Å². The number of hydrogen-bond acceptors (Lipinski definition) is 2. The van der Waals surface area contributed by atoms with E-state index in [9.17, 15) is 9.90 Å². The molecule has 1 aliphatic rings. The third-order valence-corrected chi connectivity index (χ3v) is 4.43. The van der Waals surface area contributed by atoms with E-state index >= 15 is 0 Å². The SMILES string of the molecule is CN(C(=O)c1cc[nH]c1)[C@@H]1c2cc(Cl)cc(Cl)c2C[C@H]1O. The number of carbonyl (C=O) groups is 1. The molecule has 0 aliphatic heterocycles. The molecule has 0 bridgehead atoms. The minimum absolute atomic E-state index is 0.163. The molecule has 1 heterocycles. The van der Waals surface area contributed by atoms with Crippen molar-refractivity contribution in [1.82, 2.24) is 9.88 Å². The number of nitrogens with zero attached hydrogens (tertiary/aromatic N) is 1. The number of amides is 1. The van der Waals surface area contributed by atoms with Crippen molar-refractivity contribution >= 4 is 29.1 Å². The summed E-state index contributed by atoms with van der Waals surface area (Å²) in [6.07, 6.45) is 3.05. The molecule has 0 saturated carbocycles. The van der Waals surface area contributed by atoms with E-state index in [2.05, 4.69) is 4.98 Å². The number of carbonyl (C=O) groups excluding carboxylic acids is 1. The van der Waals surface area contributed by atoms with Crippen molar-refractivity contribution in [2.45, 2.75) is 18.6 Å². The van der Waals surface area contributed by atoms with E-state index in [1.807, 2.05) is 0 Å². The fourth-order valence-electron chi connectivity index (χ4n) is 2.88. The van der Waals surface area contributed by atoms with Gasteiger partial charge in [0.1, 0.15) is 0 Å². The molecule has 1 aromatic heterocycles. The van der Waals surface area contributed by atoms with Crippen LogP contribution >= 0.6 is 23.2 Å². The summed E-state index contributed by atoms with van der Waals surface area (Å²) in [4.78, 5) is 16.8. The number of aromatic amines is 1. The van der Waals surface area contributed by atoms with Gasteiger partial charge in [0.05, 0.1) is 17.7 Å². The molecular formula is C15H14Cl2N2O2. The topological polar surface area (TPSA) is 56.3 Å². The largest absolute Gasteiger partial charge is 0.390 e. The molecule has 110 valence electrons. The van der Waals surface area contributed by atoms with Gasteiger partial charge in [-0.05, 0) is 29.3 Å². The molecule has 0 fully saturated rings. The fourth-order valence-corrected chi connectivity index (χ4v) is 3.47. The Kier molecular flexibility index (Phi) is 3.69. The van der Waals surface area contributed by atoms with Gasteiger partial charge < -0.3 is 15.0 Å². The van der Waals surface area contributed by atoms with Crippen LogP contribution < -0.4 is 0 Å². The van der Waals surface area contributed by atoms with Crippen LogP contribution in [0.5, 0.6) is 0 Å². The van der Waals surface area contributed by atoms with Crippen molar-refractivity contribution in [2.24, 2.45) is 0 Å². The van der Waals surface area contributed by atoms with Crippen LogP contribution in [0.3, 0.4) is 0 Å². The predicted molar refractivity (Wildman–Crippen MR) is 81.8 cm³/mol. The monoisotopic (exact) mass is 324 g/mol. The summed E-state index contributed by atoms with van der Waals surface area (Å²) in [5.41, 5.74) is 2.21. The highest BCUT2D eigenvalue weighted by Crippen LogP contribution is 2.41. The molecule has 21 heavy (non-hydrogen) atoms. The van der Waals surface area contributed by atoms with Gasteiger partial charge >= 0.3 is 0 Å². The van der Waals surface area contributed by atoms with E-state index < -0.39 is 12.1 Å². The summed E-state index contributed by atoms with van der Waals surface area (Å²) in [5.74, 6) is -0.163. The van der Waals surface area contributed by atoms with Gasteiger partial charge in [0, 0.05) is 35.9 Å². The van der Waals surface area contributed by atoms with Gasteiger partial charge in [-0.25, -0.2) is 0 Å². The summed E-state index contributed by atoms with van der Waals surface area (Å²) < 4.78 is 0. The summed E-state index contributed by atoms with van der Waals surface area (Å²) in [6.45, 7) is 0. The lowest BCUT2D eigenvalue weighted by Gasteiger charge is -2.28. The Hall–Kier alpha value is -1.49. The van der Waals surface area contributed by atoms with E-state index in [1.165, 1.54) is 4.90 Å². The molecule has 6 heteroatoms. The zero-order valence-electron chi connectivity index (χ0n) is 11.3. The van der Waals surface area contributed by atoms with Crippen molar-refractivity contribution in [3.63, 3.8) is 0 Å². The minimum atomic E-state index is -0.691. The Bertz CT molecular complexity index is 685. The number of halogens is 2. The quantitative estimate of drug-likeness (QED) is 0.892. The molecule has 0 unspecified atom stereocenters. The van der Waals surface area contributed by atoms with Crippen molar-refractivity contribution in [3.05, 3.63) is 57.3 Å². The van der Waals surface area contributed by atoms with E-state index in [0.29, 0.717) is 22.0 Å². The highest BCUT2D eigenvalue weighted by atomic mass is 35.5. The van der Waals surface area contributed by atoms with E-state index in [4.69, 9.17) is 23.2 Å². The number of aliphatic hydroxyl groups excluding tert-OH is 1. The first-order chi connectivity index (χ1) is 9.99. The van der Waals surface area contributed by atoms with Crippen LogP contribution in [0.25, 0.3) is 0 Å². The highest BCUT2D eigenvalue weighted by molar-refractivity contribution is 6.35. The number of hydrogen-bond donors (Lipinski definition) is 2. The number of likely N-dealkylation sites (N-methyl/N-ethyl adjacent to an activating group) is 1. The normalized spacial score (nSPS) is 20.4. The number of nitrogens with one attached hydrogen (secondary N) is 1. The van der Waals surface area contributed by atoms with Gasteiger partial charge in [-0.15, -0.1) is 0 Å². The zero-order valence-corrected chi connectivity index (χ0v) is 12.8. The average molecular weight is 325 g/mol. The third-order valence-electron chi connectivity index (χ3n) is 3.87. The van der Waals surface area contributed by atoms with E-state index in [1.54, 1.807) is 37.6 Å². The van der Waals surface area contributed by atoms with Crippen LogP contribution in [0, 0.1) is 0 Å². The summed E-state index contributed by atoms with van der Waals surface area (Å²) in [5, 5.41) is 11.4. The van der Waals surface area contributed by atoms with Crippen molar-refractivity contribution in [2.75, 3.05) is 7.05 Å². The van der Waals surface area contributed by atoms with Crippen LogP contribution in [0.15, 0.2) is 30.6 Å². The predicted octanol–water partition coefficient (Wildman–Crippen LogP) is 3.05. The Labute approximate surface area is 132 Å². The lowest BCUT2D eigenvalue weighted by Crippen LogP contribution is -2.35. The summed E-state index contributed by atoms with van der Waals surface area (Å²) in [7, 11) is 1.67. The van der Waals surface area contributed by atoms with Crippen LogP contribution in [-0.4, -0.2) is 34.0 Å². The molecule has 1 amide bonds. The molecule has 1 aromatic carbocycles. The van der Waals surface area contributed by atoms with Gasteiger partial charge in [-0.2, -0.15) is 0 Å². The first kappa shape index (κ1) is 14.4. The van der Waals surface area contributed by atoms with Gasteiger partial charge in [0.25, 0.3) is 5.91 Å². The molecule has 3 rings (SSSR count). The van der Waals surface area contributed by atoms with Crippen LogP contribution in [0.1, 0.15) is 27.5 Å². The Morgan fingerprint density at radius 3 is 2.86 bits per heavy atom. The van der Waals surface area contributed by atoms with Crippen LogP contribution in [0.2, 0.25) is 10.0 Å².